The Bertz CT molecular complexity index is 2510. The number of hydrogen-bond donors (Lipinski definition) is 3. The number of nitrogens with one attached hydrogen (secondary N) is 2. The van der Waals surface area contributed by atoms with Crippen molar-refractivity contribution in [3.8, 4) is 12.1 Å². The molecule has 51 heavy (non-hydrogen) atoms. The summed E-state index contributed by atoms with van der Waals surface area (Å²) in [7, 11) is 0. The van der Waals surface area contributed by atoms with Gasteiger partial charge < -0.3 is 20.7 Å². The zero-order chi connectivity index (χ0) is 35.6. The average Bonchev–Trinajstić information content (AvgIpc) is 3.19. The summed E-state index contributed by atoms with van der Waals surface area (Å²) in [6.45, 7) is 1.05. The van der Waals surface area contributed by atoms with Crippen LogP contribution in [0.1, 0.15) is 27.8 Å². The van der Waals surface area contributed by atoms with E-state index in [4.69, 9.17) is 4.84 Å². The number of nitriles is 2. The maximum atomic E-state index is 13.0. The third-order valence-corrected chi connectivity index (χ3v) is 7.67. The van der Waals surface area contributed by atoms with Crippen molar-refractivity contribution in [2.24, 2.45) is 0 Å². The Kier molecular flexibility index (Phi) is 10.2. The van der Waals surface area contributed by atoms with Gasteiger partial charge in [0.2, 0.25) is 0 Å². The second kappa shape index (κ2) is 15.5. The Balaban J connectivity index is 0.000000183. The highest BCUT2D eigenvalue weighted by atomic mass is 16.7. The Morgan fingerprint density at radius 3 is 1.61 bits per heavy atom. The van der Waals surface area contributed by atoms with Crippen LogP contribution in [0, 0.1) is 22.7 Å². The Labute approximate surface area is 290 Å². The van der Waals surface area contributed by atoms with E-state index >= 15 is 0 Å². The van der Waals surface area contributed by atoms with Gasteiger partial charge in [0.15, 0.2) is 11.3 Å². The van der Waals surface area contributed by atoms with Crippen molar-refractivity contribution in [1.29, 1.82) is 10.5 Å². The largest absolute Gasteiger partial charge is 0.423 e. The predicted molar refractivity (Wildman–Crippen MR) is 188 cm³/mol. The third kappa shape index (κ3) is 7.30. The average molecular weight is 677 g/mol. The van der Waals surface area contributed by atoms with Crippen LogP contribution in [0.5, 0.6) is 0 Å². The number of pyridine rings is 2. The molecule has 0 amide bonds. The summed E-state index contributed by atoms with van der Waals surface area (Å²) >= 11 is 0. The summed E-state index contributed by atoms with van der Waals surface area (Å²) in [5.41, 5.74) is 2.37. The molecule has 0 saturated heterocycles. The molecule has 4 heterocycles. The SMILES string of the molecule is N#Cc1c(NCc2ccccc2)c2cncnc2n(O)c1=O.N#Cc1c(NCc2ccccc2)c2cncnc2n(OCc2ccccc2)c1=O. The van der Waals surface area contributed by atoms with Crippen molar-refractivity contribution in [2.45, 2.75) is 19.7 Å². The smallest absolute Gasteiger partial charge is 0.305 e. The van der Waals surface area contributed by atoms with Gasteiger partial charge in [-0.3, -0.25) is 9.59 Å². The molecule has 0 aliphatic carbocycles. The van der Waals surface area contributed by atoms with E-state index in [0.717, 1.165) is 21.4 Å². The van der Waals surface area contributed by atoms with Gasteiger partial charge in [-0.2, -0.15) is 10.5 Å². The van der Waals surface area contributed by atoms with Gasteiger partial charge in [-0.05, 0) is 16.7 Å². The molecule has 7 aromatic rings. The van der Waals surface area contributed by atoms with Gasteiger partial charge in [-0.25, -0.2) is 19.9 Å². The van der Waals surface area contributed by atoms with Gasteiger partial charge in [0.05, 0.1) is 22.1 Å². The van der Waals surface area contributed by atoms with Gasteiger partial charge >= 0.3 is 11.1 Å². The number of fused-ring (bicyclic) bond motifs is 2. The zero-order valence-corrected chi connectivity index (χ0v) is 26.8. The van der Waals surface area contributed by atoms with Crippen molar-refractivity contribution in [3.63, 3.8) is 0 Å². The van der Waals surface area contributed by atoms with Gasteiger partial charge in [-0.15, -0.1) is 9.46 Å². The second-order valence-electron chi connectivity index (χ2n) is 10.9. The van der Waals surface area contributed by atoms with Crippen LogP contribution in [0.3, 0.4) is 0 Å². The van der Waals surface area contributed by atoms with Crippen LogP contribution >= 0.6 is 0 Å². The van der Waals surface area contributed by atoms with Crippen molar-refractivity contribution in [1.82, 2.24) is 29.4 Å². The lowest BCUT2D eigenvalue weighted by atomic mass is 10.1. The first-order valence-corrected chi connectivity index (χ1v) is 15.5. The van der Waals surface area contributed by atoms with Gasteiger partial charge in [0, 0.05) is 25.5 Å². The number of hydrogen-bond acceptors (Lipinski definition) is 12. The lowest BCUT2D eigenvalue weighted by molar-refractivity contribution is 0.0978. The van der Waals surface area contributed by atoms with Crippen molar-refractivity contribution >= 4 is 33.4 Å². The Morgan fingerprint density at radius 1 is 0.647 bits per heavy atom. The minimum Gasteiger partial charge on any atom is -0.423 e. The van der Waals surface area contributed by atoms with E-state index < -0.39 is 11.1 Å². The Hall–Kier alpha value is -7.58. The first-order chi connectivity index (χ1) is 25.0. The summed E-state index contributed by atoms with van der Waals surface area (Å²) in [6, 6.07) is 32.5. The zero-order valence-electron chi connectivity index (χ0n) is 26.8. The maximum absolute atomic E-state index is 13.0. The highest BCUT2D eigenvalue weighted by molar-refractivity contribution is 5.92. The van der Waals surface area contributed by atoms with E-state index in [0.29, 0.717) is 45.6 Å². The molecule has 0 atom stereocenters. The normalized spacial score (nSPS) is 10.4. The van der Waals surface area contributed by atoms with E-state index in [1.54, 1.807) is 6.20 Å². The molecule has 14 nitrogen and oxygen atoms in total. The van der Waals surface area contributed by atoms with Crippen LogP contribution in [0.15, 0.2) is 126 Å². The highest BCUT2D eigenvalue weighted by Gasteiger charge is 2.20. The van der Waals surface area contributed by atoms with Gasteiger partial charge in [-0.1, -0.05) is 91.0 Å². The fourth-order valence-electron chi connectivity index (χ4n) is 5.19. The molecule has 4 aromatic heterocycles. The van der Waals surface area contributed by atoms with Crippen molar-refractivity contribution in [3.05, 3.63) is 165 Å². The van der Waals surface area contributed by atoms with Crippen LogP contribution in [0.4, 0.5) is 11.4 Å². The van der Waals surface area contributed by atoms with Crippen molar-refractivity contribution < 1.29 is 10.0 Å². The lowest BCUT2D eigenvalue weighted by Gasteiger charge is -2.15. The molecule has 250 valence electrons. The molecule has 0 spiro atoms. The van der Waals surface area contributed by atoms with Crippen LogP contribution < -0.4 is 26.6 Å². The highest BCUT2D eigenvalue weighted by Crippen LogP contribution is 2.24. The first-order valence-electron chi connectivity index (χ1n) is 15.5. The minimum absolute atomic E-state index is 0.0451. The van der Waals surface area contributed by atoms with E-state index in [9.17, 15) is 25.3 Å². The second-order valence-corrected chi connectivity index (χ2v) is 10.9. The molecule has 0 aliphatic rings. The molecule has 0 bridgehead atoms. The van der Waals surface area contributed by atoms with Crippen molar-refractivity contribution in [2.75, 3.05) is 10.6 Å². The van der Waals surface area contributed by atoms with E-state index in [1.165, 1.54) is 18.9 Å². The Morgan fingerprint density at radius 2 is 1.10 bits per heavy atom. The fraction of sp³-hybridized carbons (Fsp3) is 0.0811. The molecule has 0 saturated carbocycles. The summed E-state index contributed by atoms with van der Waals surface area (Å²) in [5, 5.41) is 35.9. The molecule has 0 unspecified atom stereocenters. The lowest BCUT2D eigenvalue weighted by Crippen LogP contribution is -2.30. The molecule has 3 aromatic carbocycles. The minimum atomic E-state index is -0.815. The molecule has 14 heteroatoms. The van der Waals surface area contributed by atoms with Crippen LogP contribution in [-0.2, 0) is 19.7 Å². The molecule has 3 N–H and O–H groups in total. The molecular formula is C37H28N10O4. The number of nitrogens with zero attached hydrogens (tertiary/aromatic N) is 8. The molecule has 0 aliphatic heterocycles. The van der Waals surface area contributed by atoms with Crippen LogP contribution in [0.25, 0.3) is 22.1 Å². The predicted octanol–water partition coefficient (Wildman–Crippen LogP) is 4.42. The van der Waals surface area contributed by atoms with Crippen LogP contribution in [-0.4, -0.2) is 34.6 Å². The number of benzene rings is 3. The number of rotatable bonds is 9. The molecule has 0 radical (unpaired) electrons. The summed E-state index contributed by atoms with van der Waals surface area (Å²) in [5.74, 6) is 0. The maximum Gasteiger partial charge on any atom is 0.305 e. The molecular weight excluding hydrogens is 648 g/mol. The van der Waals surface area contributed by atoms with Crippen LogP contribution in [0.2, 0.25) is 0 Å². The van der Waals surface area contributed by atoms with Gasteiger partial charge in [0.25, 0.3) is 0 Å². The topological polar surface area (TPSA) is 197 Å². The van der Waals surface area contributed by atoms with E-state index in [-0.39, 0.29) is 23.4 Å². The summed E-state index contributed by atoms with van der Waals surface area (Å²) in [6.07, 6.45) is 5.58. The van der Waals surface area contributed by atoms with E-state index in [2.05, 4.69) is 30.6 Å². The van der Waals surface area contributed by atoms with Gasteiger partial charge in [0.1, 0.15) is 42.5 Å². The van der Waals surface area contributed by atoms with E-state index in [1.807, 2.05) is 103 Å². The standard InChI is InChI=1S/C22H17N5O2.C15H11N5O2/c23-11-18-20(25-12-16-7-3-1-4-8-16)19-13-24-15-26-21(19)27(22(18)28)29-14-17-9-5-2-6-10-17;16-6-11-13(18-7-10-4-2-1-3-5-10)12-8-17-9-19-14(12)20(22)15(11)21/h1-10,13,15,25H,12,14H2;1-5,8-9,18,22H,7H2. The summed E-state index contributed by atoms with van der Waals surface area (Å²) in [4.78, 5) is 46.8. The third-order valence-electron chi connectivity index (χ3n) is 7.67. The number of aromatic nitrogens is 6. The molecule has 0 fully saturated rings. The quantitative estimate of drug-likeness (QED) is 0.182. The summed E-state index contributed by atoms with van der Waals surface area (Å²) < 4.78 is 1.43. The monoisotopic (exact) mass is 676 g/mol. The fourth-order valence-corrected chi connectivity index (χ4v) is 5.19. The number of anilines is 2. The molecule has 7 rings (SSSR count). The first kappa shape index (κ1) is 33.3.